The van der Waals surface area contributed by atoms with E-state index in [0.29, 0.717) is 23.2 Å². The molecule has 4 aromatic carbocycles. The van der Waals surface area contributed by atoms with Crippen LogP contribution in [-0.4, -0.2) is 5.91 Å². The van der Waals surface area contributed by atoms with E-state index in [0.717, 1.165) is 16.3 Å². The van der Waals surface area contributed by atoms with Crippen LogP contribution < -0.4 is 5.32 Å². The van der Waals surface area contributed by atoms with Gasteiger partial charge in [0.1, 0.15) is 23.3 Å². The number of carbonyl (C=O) groups is 1. The van der Waals surface area contributed by atoms with Gasteiger partial charge in [-0.05, 0) is 63.9 Å². The number of hydrogen-bond acceptors (Lipinski definition) is 2. The van der Waals surface area contributed by atoms with E-state index in [4.69, 9.17) is 0 Å². The second-order valence-electron chi connectivity index (χ2n) is 7.26. The second-order valence-corrected chi connectivity index (χ2v) is 7.26. The summed E-state index contributed by atoms with van der Waals surface area (Å²) >= 11 is 0. The second kappa shape index (κ2) is 9.23. The molecular weight excluding hydrogens is 406 g/mol. The number of fused-ring (bicyclic) bond motifs is 1. The molecule has 0 spiro atoms. The average molecular weight is 424 g/mol. The summed E-state index contributed by atoms with van der Waals surface area (Å²) in [5, 5.41) is 14.1. The average Bonchev–Trinajstić information content (AvgIpc) is 2.81. The minimum absolute atomic E-state index is 0.111. The van der Waals surface area contributed by atoms with Crippen molar-refractivity contribution in [2.75, 3.05) is 5.32 Å². The lowest BCUT2D eigenvalue weighted by Gasteiger charge is -2.12. The van der Waals surface area contributed by atoms with Crippen molar-refractivity contribution in [3.8, 4) is 6.07 Å². The van der Waals surface area contributed by atoms with Crippen LogP contribution in [0.4, 0.5) is 14.5 Å². The highest BCUT2D eigenvalue weighted by Gasteiger charge is 2.14. The maximum absolute atomic E-state index is 14.3. The number of nitriles is 1. The number of amides is 1. The molecule has 1 amide bonds. The van der Waals surface area contributed by atoms with Crippen molar-refractivity contribution >= 4 is 28.4 Å². The summed E-state index contributed by atoms with van der Waals surface area (Å²) < 4.78 is 27.4. The van der Waals surface area contributed by atoms with Gasteiger partial charge >= 0.3 is 0 Å². The van der Waals surface area contributed by atoms with Gasteiger partial charge in [-0.25, -0.2) is 8.78 Å². The molecule has 0 atom stereocenters. The molecule has 32 heavy (non-hydrogen) atoms. The lowest BCUT2D eigenvalue weighted by atomic mass is 9.93. The number of hydrogen-bond donors (Lipinski definition) is 1. The van der Waals surface area contributed by atoms with Crippen LogP contribution in [0, 0.1) is 23.0 Å². The third-order valence-corrected chi connectivity index (χ3v) is 5.16. The van der Waals surface area contributed by atoms with E-state index >= 15 is 0 Å². The van der Waals surface area contributed by atoms with E-state index < -0.39 is 11.7 Å². The summed E-state index contributed by atoms with van der Waals surface area (Å²) in [6, 6.07) is 25.2. The Labute approximate surface area is 184 Å². The van der Waals surface area contributed by atoms with Gasteiger partial charge in [-0.3, -0.25) is 4.79 Å². The Morgan fingerprint density at radius 2 is 1.59 bits per heavy atom. The van der Waals surface area contributed by atoms with Crippen LogP contribution in [0.2, 0.25) is 0 Å². The molecule has 0 saturated heterocycles. The summed E-state index contributed by atoms with van der Waals surface area (Å²) in [6.07, 6.45) is 1.83. The van der Waals surface area contributed by atoms with E-state index in [2.05, 4.69) is 5.32 Å². The van der Waals surface area contributed by atoms with Crippen molar-refractivity contribution in [1.82, 2.24) is 0 Å². The maximum atomic E-state index is 14.3. The third kappa shape index (κ3) is 4.55. The Balaban J connectivity index is 1.77. The predicted molar refractivity (Wildman–Crippen MR) is 122 cm³/mol. The number of carbonyl (C=O) groups excluding carboxylic acids is 1. The molecule has 0 radical (unpaired) electrons. The first-order valence-electron chi connectivity index (χ1n) is 9.98. The fraction of sp³-hybridized carbons (Fsp3) is 0.0370. The van der Waals surface area contributed by atoms with Gasteiger partial charge in [-0.1, -0.05) is 54.6 Å². The molecule has 5 heteroatoms. The normalized spacial score (nSPS) is 11.2. The van der Waals surface area contributed by atoms with Crippen molar-refractivity contribution < 1.29 is 13.6 Å². The van der Waals surface area contributed by atoms with Gasteiger partial charge in [0, 0.05) is 12.1 Å². The van der Waals surface area contributed by atoms with Gasteiger partial charge in [-0.15, -0.1) is 0 Å². The van der Waals surface area contributed by atoms with E-state index in [-0.39, 0.29) is 11.4 Å². The molecule has 0 aliphatic heterocycles. The van der Waals surface area contributed by atoms with Crippen LogP contribution in [0.5, 0.6) is 0 Å². The Hall–Kier alpha value is -4.30. The Morgan fingerprint density at radius 3 is 2.34 bits per heavy atom. The minimum Gasteiger partial charge on any atom is -0.321 e. The monoisotopic (exact) mass is 424 g/mol. The fourth-order valence-electron chi connectivity index (χ4n) is 3.54. The Kier molecular flexibility index (Phi) is 6.05. The quantitative estimate of drug-likeness (QED) is 0.304. The summed E-state index contributed by atoms with van der Waals surface area (Å²) in [6.45, 7) is 0. The highest BCUT2D eigenvalue weighted by atomic mass is 19.1. The van der Waals surface area contributed by atoms with Gasteiger partial charge in [0.25, 0.3) is 5.91 Å². The van der Waals surface area contributed by atoms with Crippen LogP contribution in [0.15, 0.2) is 90.5 Å². The molecule has 0 fully saturated rings. The molecule has 0 saturated carbocycles. The number of nitrogens with zero attached hydrogens (tertiary/aromatic N) is 1. The first-order valence-corrected chi connectivity index (χ1v) is 9.98. The SMILES string of the molecule is N#C/C(=C\c1c(Cc2ccccc2F)ccc2ccccc12)C(=O)Nc1ccc(F)cc1. The molecule has 0 aliphatic carbocycles. The number of anilines is 1. The zero-order chi connectivity index (χ0) is 22.5. The van der Waals surface area contributed by atoms with Crippen LogP contribution >= 0.6 is 0 Å². The first kappa shape index (κ1) is 21.0. The molecule has 156 valence electrons. The van der Waals surface area contributed by atoms with Crippen molar-refractivity contribution in [3.05, 3.63) is 119 Å². The van der Waals surface area contributed by atoms with E-state index in [1.54, 1.807) is 18.2 Å². The molecule has 0 unspecified atom stereocenters. The van der Waals surface area contributed by atoms with E-state index in [9.17, 15) is 18.8 Å². The maximum Gasteiger partial charge on any atom is 0.266 e. The molecule has 0 bridgehead atoms. The highest BCUT2D eigenvalue weighted by Crippen LogP contribution is 2.28. The minimum atomic E-state index is -0.608. The smallest absolute Gasteiger partial charge is 0.266 e. The number of benzene rings is 4. The van der Waals surface area contributed by atoms with Gasteiger partial charge in [0.2, 0.25) is 0 Å². The zero-order valence-corrected chi connectivity index (χ0v) is 17.0. The van der Waals surface area contributed by atoms with Crippen LogP contribution in [0.1, 0.15) is 16.7 Å². The number of halogens is 2. The van der Waals surface area contributed by atoms with Crippen molar-refractivity contribution in [1.29, 1.82) is 5.26 Å². The highest BCUT2D eigenvalue weighted by molar-refractivity contribution is 6.11. The lowest BCUT2D eigenvalue weighted by Crippen LogP contribution is -2.13. The zero-order valence-electron chi connectivity index (χ0n) is 17.0. The molecule has 3 nitrogen and oxygen atoms in total. The largest absolute Gasteiger partial charge is 0.321 e. The summed E-state index contributed by atoms with van der Waals surface area (Å²) in [7, 11) is 0. The Morgan fingerprint density at radius 1 is 0.875 bits per heavy atom. The Bertz CT molecular complexity index is 1370. The molecule has 0 aliphatic rings. The van der Waals surface area contributed by atoms with E-state index in [1.807, 2.05) is 42.5 Å². The van der Waals surface area contributed by atoms with Crippen LogP contribution in [0.25, 0.3) is 16.8 Å². The predicted octanol–water partition coefficient (Wildman–Crippen LogP) is 6.25. The summed E-state index contributed by atoms with van der Waals surface area (Å²) in [5.74, 6) is -1.35. The summed E-state index contributed by atoms with van der Waals surface area (Å²) in [5.41, 5.74) is 2.25. The fourth-order valence-corrected chi connectivity index (χ4v) is 3.54. The van der Waals surface area contributed by atoms with Gasteiger partial charge in [-0.2, -0.15) is 5.26 Å². The summed E-state index contributed by atoms with van der Waals surface area (Å²) in [4.78, 5) is 12.7. The van der Waals surface area contributed by atoms with Crippen LogP contribution in [0.3, 0.4) is 0 Å². The third-order valence-electron chi connectivity index (χ3n) is 5.16. The molecule has 1 N–H and O–H groups in total. The van der Waals surface area contributed by atoms with Crippen LogP contribution in [-0.2, 0) is 11.2 Å². The molecule has 4 rings (SSSR count). The lowest BCUT2D eigenvalue weighted by molar-refractivity contribution is -0.112. The van der Waals surface area contributed by atoms with Crippen molar-refractivity contribution in [2.45, 2.75) is 6.42 Å². The molecule has 0 heterocycles. The van der Waals surface area contributed by atoms with E-state index in [1.165, 1.54) is 36.4 Å². The number of nitrogens with one attached hydrogen (secondary N) is 1. The standard InChI is InChI=1S/C27H18F2N2O/c28-22-11-13-23(14-12-22)31-27(32)21(17-30)16-25-19(15-20-6-2-4-8-26(20)29)10-9-18-5-1-3-7-24(18)25/h1-14,16H,15H2,(H,31,32)/b21-16+. The first-order chi connectivity index (χ1) is 15.5. The van der Waals surface area contributed by atoms with Gasteiger partial charge in [0.15, 0.2) is 0 Å². The van der Waals surface area contributed by atoms with Gasteiger partial charge in [0.05, 0.1) is 0 Å². The van der Waals surface area contributed by atoms with Gasteiger partial charge < -0.3 is 5.32 Å². The van der Waals surface area contributed by atoms with Crippen molar-refractivity contribution in [2.24, 2.45) is 0 Å². The topological polar surface area (TPSA) is 52.9 Å². The number of rotatable bonds is 5. The molecule has 0 aromatic heterocycles. The molecular formula is C27H18F2N2O. The van der Waals surface area contributed by atoms with Crippen molar-refractivity contribution in [3.63, 3.8) is 0 Å². The molecule has 4 aromatic rings.